The first-order valence-electron chi connectivity index (χ1n) is 3.34. The van der Waals surface area contributed by atoms with Gasteiger partial charge in [0.15, 0.2) is 0 Å². The van der Waals surface area contributed by atoms with Crippen molar-refractivity contribution in [2.24, 2.45) is 0 Å². The molecule has 0 aliphatic carbocycles. The maximum absolute atomic E-state index is 5.98. The molecule has 0 aliphatic rings. The Balaban J connectivity index is 2.88. The quantitative estimate of drug-likeness (QED) is 0.647. The maximum Gasteiger partial charge on any atom is 0.0869 e. The molecule has 0 radical (unpaired) electrons. The van der Waals surface area contributed by atoms with Crippen LogP contribution in [0.5, 0.6) is 0 Å². The summed E-state index contributed by atoms with van der Waals surface area (Å²) in [5, 5.41) is 2.57. The standard InChI is InChI=1S/C8H6ClNS2/c9-6-3-5(11)1-4-2-7(10)12-8(4)6/h1-3,11H,10H2. The third kappa shape index (κ3) is 1.28. The van der Waals surface area contributed by atoms with Crippen LogP contribution in [0, 0.1) is 0 Å². The zero-order valence-electron chi connectivity index (χ0n) is 6.04. The van der Waals surface area contributed by atoms with Crippen molar-refractivity contribution in [3.05, 3.63) is 23.2 Å². The second kappa shape index (κ2) is 2.83. The number of nitrogen functional groups attached to an aromatic ring is 1. The second-order valence-electron chi connectivity index (χ2n) is 2.49. The molecular weight excluding hydrogens is 210 g/mol. The van der Waals surface area contributed by atoms with E-state index in [1.807, 2.05) is 18.2 Å². The minimum Gasteiger partial charge on any atom is -0.391 e. The molecule has 0 bridgehead atoms. The number of rotatable bonds is 0. The molecule has 0 amide bonds. The Morgan fingerprint density at radius 1 is 1.33 bits per heavy atom. The lowest BCUT2D eigenvalue weighted by molar-refractivity contribution is 1.54. The average Bonchev–Trinajstić information content (AvgIpc) is 2.29. The van der Waals surface area contributed by atoms with E-state index in [-0.39, 0.29) is 0 Å². The number of nitrogens with two attached hydrogens (primary N) is 1. The Morgan fingerprint density at radius 2 is 2.08 bits per heavy atom. The molecule has 4 heteroatoms. The first kappa shape index (κ1) is 8.23. The molecular formula is C8H6ClNS2. The Labute approximate surface area is 84.6 Å². The van der Waals surface area contributed by atoms with Crippen LogP contribution in [0.15, 0.2) is 23.1 Å². The van der Waals surface area contributed by atoms with Gasteiger partial charge in [-0.15, -0.1) is 24.0 Å². The highest BCUT2D eigenvalue weighted by molar-refractivity contribution is 7.80. The second-order valence-corrected chi connectivity index (χ2v) is 4.50. The number of hydrogen-bond donors (Lipinski definition) is 2. The van der Waals surface area contributed by atoms with Gasteiger partial charge in [0, 0.05) is 4.90 Å². The van der Waals surface area contributed by atoms with E-state index < -0.39 is 0 Å². The monoisotopic (exact) mass is 215 g/mol. The summed E-state index contributed by atoms with van der Waals surface area (Å²) in [5.41, 5.74) is 5.64. The van der Waals surface area contributed by atoms with Gasteiger partial charge in [-0.1, -0.05) is 11.6 Å². The normalized spacial score (nSPS) is 10.8. The molecule has 2 N–H and O–H groups in total. The van der Waals surface area contributed by atoms with Gasteiger partial charge in [0.25, 0.3) is 0 Å². The van der Waals surface area contributed by atoms with Crippen LogP contribution in [0.25, 0.3) is 10.1 Å². The van der Waals surface area contributed by atoms with E-state index in [1.54, 1.807) is 0 Å². The summed E-state index contributed by atoms with van der Waals surface area (Å²) in [6, 6.07) is 5.69. The first-order valence-corrected chi connectivity index (χ1v) is 4.98. The first-order chi connectivity index (χ1) is 5.66. The molecule has 1 aromatic carbocycles. The molecule has 1 nitrogen and oxygen atoms in total. The van der Waals surface area contributed by atoms with Gasteiger partial charge < -0.3 is 5.73 Å². The molecule has 62 valence electrons. The summed E-state index contributed by atoms with van der Waals surface area (Å²) in [4.78, 5) is 0.866. The lowest BCUT2D eigenvalue weighted by atomic mass is 10.3. The number of hydrogen-bond acceptors (Lipinski definition) is 3. The predicted molar refractivity (Wildman–Crippen MR) is 58.5 cm³/mol. The summed E-state index contributed by atoms with van der Waals surface area (Å²) < 4.78 is 1.03. The van der Waals surface area contributed by atoms with Crippen LogP contribution in [-0.4, -0.2) is 0 Å². The van der Waals surface area contributed by atoms with Gasteiger partial charge in [-0.05, 0) is 23.6 Å². The van der Waals surface area contributed by atoms with Crippen LogP contribution in [0.4, 0.5) is 5.00 Å². The highest BCUT2D eigenvalue weighted by Crippen LogP contribution is 2.34. The number of benzene rings is 1. The third-order valence-corrected chi connectivity index (χ3v) is 3.26. The SMILES string of the molecule is Nc1cc2cc(S)cc(Cl)c2s1. The zero-order chi connectivity index (χ0) is 8.72. The molecule has 0 spiro atoms. The number of thiophene rings is 1. The molecule has 0 saturated carbocycles. The van der Waals surface area contributed by atoms with Crippen LogP contribution in [0.2, 0.25) is 5.02 Å². The highest BCUT2D eigenvalue weighted by atomic mass is 35.5. The fourth-order valence-electron chi connectivity index (χ4n) is 1.12. The van der Waals surface area contributed by atoms with E-state index >= 15 is 0 Å². The molecule has 12 heavy (non-hydrogen) atoms. The van der Waals surface area contributed by atoms with Crippen molar-refractivity contribution >= 4 is 50.7 Å². The highest BCUT2D eigenvalue weighted by Gasteiger charge is 2.03. The average molecular weight is 216 g/mol. The van der Waals surface area contributed by atoms with Crippen molar-refractivity contribution in [3.63, 3.8) is 0 Å². The van der Waals surface area contributed by atoms with Gasteiger partial charge in [0.1, 0.15) is 0 Å². The van der Waals surface area contributed by atoms with Crippen molar-refractivity contribution in [2.45, 2.75) is 4.90 Å². The van der Waals surface area contributed by atoms with Gasteiger partial charge in [0.05, 0.1) is 14.7 Å². The summed E-state index contributed by atoms with van der Waals surface area (Å²) in [6.45, 7) is 0. The number of thiol groups is 1. The largest absolute Gasteiger partial charge is 0.391 e. The smallest absolute Gasteiger partial charge is 0.0869 e. The fourth-order valence-corrected chi connectivity index (χ4v) is 2.62. The van der Waals surface area contributed by atoms with E-state index in [9.17, 15) is 0 Å². The van der Waals surface area contributed by atoms with Crippen molar-refractivity contribution in [2.75, 3.05) is 5.73 Å². The van der Waals surface area contributed by atoms with Crippen molar-refractivity contribution in [3.8, 4) is 0 Å². The van der Waals surface area contributed by atoms with Gasteiger partial charge >= 0.3 is 0 Å². The Kier molecular flexibility index (Phi) is 1.94. The van der Waals surface area contributed by atoms with Crippen molar-refractivity contribution in [1.29, 1.82) is 0 Å². The fraction of sp³-hybridized carbons (Fsp3) is 0. The van der Waals surface area contributed by atoms with Gasteiger partial charge in [-0.25, -0.2) is 0 Å². The summed E-state index contributed by atoms with van der Waals surface area (Å²) in [6.07, 6.45) is 0. The molecule has 2 aromatic rings. The summed E-state index contributed by atoms with van der Waals surface area (Å²) in [7, 11) is 0. The zero-order valence-corrected chi connectivity index (χ0v) is 8.51. The molecule has 0 unspecified atom stereocenters. The van der Waals surface area contributed by atoms with Crippen LogP contribution in [-0.2, 0) is 0 Å². The maximum atomic E-state index is 5.98. The van der Waals surface area contributed by atoms with E-state index in [2.05, 4.69) is 12.6 Å². The summed E-state index contributed by atoms with van der Waals surface area (Å²) >= 11 is 11.7. The van der Waals surface area contributed by atoms with E-state index in [1.165, 1.54) is 11.3 Å². The Bertz CT molecular complexity index is 436. The van der Waals surface area contributed by atoms with Crippen molar-refractivity contribution in [1.82, 2.24) is 0 Å². The van der Waals surface area contributed by atoms with E-state index in [0.717, 1.165) is 25.0 Å². The lowest BCUT2D eigenvalue weighted by Gasteiger charge is -1.94. The molecule has 2 rings (SSSR count). The predicted octanol–water partition coefficient (Wildman–Crippen LogP) is 3.43. The van der Waals surface area contributed by atoms with Crippen LogP contribution < -0.4 is 5.73 Å². The molecule has 1 aromatic heterocycles. The molecule has 0 saturated heterocycles. The summed E-state index contributed by atoms with van der Waals surface area (Å²) in [5.74, 6) is 0. The Morgan fingerprint density at radius 3 is 2.83 bits per heavy atom. The number of fused-ring (bicyclic) bond motifs is 1. The van der Waals surface area contributed by atoms with Crippen LogP contribution >= 0.6 is 35.6 Å². The van der Waals surface area contributed by atoms with E-state index in [0.29, 0.717) is 0 Å². The molecule has 0 atom stereocenters. The minimum atomic E-state index is 0.721. The van der Waals surface area contributed by atoms with Gasteiger partial charge in [-0.2, -0.15) is 0 Å². The number of anilines is 1. The van der Waals surface area contributed by atoms with Gasteiger partial charge in [-0.3, -0.25) is 0 Å². The van der Waals surface area contributed by atoms with Gasteiger partial charge in [0.2, 0.25) is 0 Å². The number of halogens is 1. The Hall–Kier alpha value is -0.380. The van der Waals surface area contributed by atoms with E-state index in [4.69, 9.17) is 17.3 Å². The minimum absolute atomic E-state index is 0.721. The lowest BCUT2D eigenvalue weighted by Crippen LogP contribution is -1.72. The topological polar surface area (TPSA) is 26.0 Å². The van der Waals surface area contributed by atoms with Crippen LogP contribution in [0.1, 0.15) is 0 Å². The van der Waals surface area contributed by atoms with Crippen molar-refractivity contribution < 1.29 is 0 Å². The molecule has 1 heterocycles. The third-order valence-electron chi connectivity index (χ3n) is 1.57. The molecule has 0 aliphatic heterocycles. The molecule has 0 fully saturated rings. The van der Waals surface area contributed by atoms with Crippen LogP contribution in [0.3, 0.4) is 0 Å².